The van der Waals surface area contributed by atoms with E-state index >= 15 is 0 Å². The van der Waals surface area contributed by atoms with Crippen molar-refractivity contribution in [3.63, 3.8) is 0 Å². The summed E-state index contributed by atoms with van der Waals surface area (Å²) in [5.74, 6) is 1.02. The van der Waals surface area contributed by atoms with Crippen molar-refractivity contribution in [1.82, 2.24) is 10.2 Å². The Hall–Kier alpha value is -3.27. The van der Waals surface area contributed by atoms with Crippen LogP contribution < -0.4 is 19.1 Å². The van der Waals surface area contributed by atoms with Crippen molar-refractivity contribution in [1.29, 1.82) is 0 Å². The van der Waals surface area contributed by atoms with Crippen LogP contribution in [0.4, 0.5) is 5.69 Å². The highest BCUT2D eigenvalue weighted by molar-refractivity contribution is 7.92. The lowest BCUT2D eigenvalue weighted by Gasteiger charge is -2.31. The van der Waals surface area contributed by atoms with Crippen molar-refractivity contribution in [2.75, 3.05) is 43.4 Å². The van der Waals surface area contributed by atoms with Crippen LogP contribution in [0.1, 0.15) is 45.6 Å². The van der Waals surface area contributed by atoms with Crippen molar-refractivity contribution >= 4 is 27.5 Å². The zero-order chi connectivity index (χ0) is 28.4. The molecule has 0 fully saturated rings. The van der Waals surface area contributed by atoms with Crippen LogP contribution in [0.5, 0.6) is 11.5 Å². The van der Waals surface area contributed by atoms with E-state index in [-0.39, 0.29) is 24.8 Å². The largest absolute Gasteiger partial charge is 0.486 e. The van der Waals surface area contributed by atoms with Gasteiger partial charge in [0.15, 0.2) is 11.5 Å². The number of fused-ring (bicyclic) bond motifs is 1. The van der Waals surface area contributed by atoms with Gasteiger partial charge >= 0.3 is 0 Å². The molecule has 0 unspecified atom stereocenters. The molecule has 214 valence electrons. The van der Waals surface area contributed by atoms with E-state index in [4.69, 9.17) is 9.47 Å². The molecule has 39 heavy (non-hydrogen) atoms. The molecule has 0 radical (unpaired) electrons. The molecule has 3 rings (SSSR count). The Morgan fingerprint density at radius 1 is 1.00 bits per heavy atom. The summed E-state index contributed by atoms with van der Waals surface area (Å²) in [4.78, 5) is 28.2. The summed E-state index contributed by atoms with van der Waals surface area (Å²) in [6, 6.07) is 14.3. The molecule has 0 saturated heterocycles. The monoisotopic (exact) mass is 559 g/mol. The Morgan fingerprint density at radius 2 is 1.69 bits per heavy atom. The summed E-state index contributed by atoms with van der Waals surface area (Å²) in [6.45, 7) is 7.83. The third-order valence-corrected chi connectivity index (χ3v) is 7.71. The first kappa shape index (κ1) is 30.3. The minimum atomic E-state index is -3.61. The summed E-state index contributed by atoms with van der Waals surface area (Å²) in [5, 5.41) is 2.96. The van der Waals surface area contributed by atoms with E-state index in [1.165, 1.54) is 4.31 Å². The molecule has 2 aromatic carbocycles. The quantitative estimate of drug-likeness (QED) is 0.379. The van der Waals surface area contributed by atoms with E-state index in [0.29, 0.717) is 68.7 Å². The van der Waals surface area contributed by atoms with Crippen LogP contribution in [-0.4, -0.2) is 70.3 Å². The first-order valence-electron chi connectivity index (χ1n) is 13.6. The van der Waals surface area contributed by atoms with Crippen LogP contribution in [0.25, 0.3) is 0 Å². The average molecular weight is 560 g/mol. The molecular formula is C29H41N3O6S. The van der Waals surface area contributed by atoms with Crippen LogP contribution in [0.3, 0.4) is 0 Å². The fourth-order valence-electron chi connectivity index (χ4n) is 4.51. The summed E-state index contributed by atoms with van der Waals surface area (Å²) in [6.07, 6.45) is 2.65. The Balaban J connectivity index is 1.72. The number of rotatable bonds is 14. The second-order valence-electron chi connectivity index (χ2n) is 10.2. The molecule has 0 bridgehead atoms. The number of carbonyl (C=O) groups excluding carboxylic acids is 2. The molecule has 1 aliphatic rings. The first-order chi connectivity index (χ1) is 18.6. The molecule has 2 amide bonds. The van der Waals surface area contributed by atoms with E-state index in [2.05, 4.69) is 5.32 Å². The number of carbonyl (C=O) groups is 2. The maximum Gasteiger partial charge on any atom is 0.242 e. The number of nitrogens with zero attached hydrogens (tertiary/aromatic N) is 2. The van der Waals surface area contributed by atoms with Crippen molar-refractivity contribution < 1.29 is 27.5 Å². The standard InChI is InChI=1S/C29H41N3O6S/c1-5-25(29(34)30-21-22(2)3)31(17-15-23-10-7-6-8-11-23)28(33)12-9-16-32(39(4,35)36)24-13-14-26-27(20-24)38-19-18-37-26/h6-8,10-11,13-14,20,22,25H,5,9,12,15-19,21H2,1-4H3,(H,30,34)/t25-/m1/s1. The van der Waals surface area contributed by atoms with Crippen LogP contribution in [0.2, 0.25) is 0 Å². The lowest BCUT2D eigenvalue weighted by molar-refractivity contribution is -0.140. The van der Waals surface area contributed by atoms with Gasteiger partial charge in [-0.15, -0.1) is 0 Å². The third kappa shape index (κ3) is 8.88. The van der Waals surface area contributed by atoms with Crippen molar-refractivity contribution in [2.45, 2.75) is 52.5 Å². The number of ether oxygens (including phenoxy) is 2. The minimum absolute atomic E-state index is 0.110. The van der Waals surface area contributed by atoms with Gasteiger partial charge in [0.1, 0.15) is 19.3 Å². The molecule has 0 saturated carbocycles. The highest BCUT2D eigenvalue weighted by atomic mass is 32.2. The second-order valence-corrected chi connectivity index (χ2v) is 12.1. The van der Waals surface area contributed by atoms with Gasteiger partial charge in [0.2, 0.25) is 21.8 Å². The van der Waals surface area contributed by atoms with Gasteiger partial charge in [-0.05, 0) is 42.9 Å². The molecule has 10 heteroatoms. The summed E-state index contributed by atoms with van der Waals surface area (Å²) in [7, 11) is -3.61. The highest BCUT2D eigenvalue weighted by Crippen LogP contribution is 2.34. The van der Waals surface area contributed by atoms with Crippen LogP contribution in [0.15, 0.2) is 48.5 Å². The maximum absolute atomic E-state index is 13.5. The minimum Gasteiger partial charge on any atom is -0.486 e. The molecule has 0 aliphatic carbocycles. The summed E-state index contributed by atoms with van der Waals surface area (Å²) < 4.78 is 37.7. The normalized spacial score (nSPS) is 13.6. The van der Waals surface area contributed by atoms with E-state index in [9.17, 15) is 18.0 Å². The van der Waals surface area contributed by atoms with E-state index < -0.39 is 16.1 Å². The Kier molecular flexibility index (Phi) is 11.0. The van der Waals surface area contributed by atoms with Gasteiger partial charge in [0, 0.05) is 32.1 Å². The fraction of sp³-hybridized carbons (Fsp3) is 0.517. The predicted molar refractivity (Wildman–Crippen MR) is 153 cm³/mol. The highest BCUT2D eigenvalue weighted by Gasteiger charge is 2.28. The topological polar surface area (TPSA) is 105 Å². The van der Waals surface area contributed by atoms with Gasteiger partial charge in [-0.25, -0.2) is 8.42 Å². The van der Waals surface area contributed by atoms with Crippen molar-refractivity contribution in [3.8, 4) is 11.5 Å². The average Bonchev–Trinajstić information content (AvgIpc) is 2.91. The molecule has 1 heterocycles. The van der Waals surface area contributed by atoms with Crippen LogP contribution in [0, 0.1) is 5.92 Å². The second kappa shape index (κ2) is 14.2. The third-order valence-electron chi connectivity index (χ3n) is 6.52. The van der Waals surface area contributed by atoms with Crippen LogP contribution in [-0.2, 0) is 26.0 Å². The molecule has 0 spiro atoms. The zero-order valence-corrected chi connectivity index (χ0v) is 24.2. The summed E-state index contributed by atoms with van der Waals surface area (Å²) >= 11 is 0. The molecule has 1 atom stereocenters. The van der Waals surface area contributed by atoms with Crippen LogP contribution >= 0.6 is 0 Å². The lowest BCUT2D eigenvalue weighted by Crippen LogP contribution is -2.50. The molecular weight excluding hydrogens is 518 g/mol. The van der Waals surface area contributed by atoms with Gasteiger partial charge in [0.25, 0.3) is 0 Å². The molecule has 0 aromatic heterocycles. The van der Waals surface area contributed by atoms with Gasteiger partial charge in [-0.3, -0.25) is 13.9 Å². The molecule has 1 aliphatic heterocycles. The van der Waals surface area contributed by atoms with E-state index in [0.717, 1.165) is 11.8 Å². The van der Waals surface area contributed by atoms with Gasteiger partial charge in [0.05, 0.1) is 11.9 Å². The maximum atomic E-state index is 13.5. The Labute approximate surface area is 232 Å². The number of hydrogen-bond donors (Lipinski definition) is 1. The summed E-state index contributed by atoms with van der Waals surface area (Å²) in [5.41, 5.74) is 1.53. The SMILES string of the molecule is CC[C@H](C(=O)NCC(C)C)N(CCc1ccccc1)C(=O)CCCN(c1ccc2c(c1)OCCO2)S(C)(=O)=O. The molecule has 9 nitrogen and oxygen atoms in total. The Morgan fingerprint density at radius 3 is 2.33 bits per heavy atom. The number of amides is 2. The van der Waals surface area contributed by atoms with Crippen molar-refractivity contribution in [2.24, 2.45) is 5.92 Å². The number of sulfonamides is 1. The number of anilines is 1. The van der Waals surface area contributed by atoms with Crippen molar-refractivity contribution in [3.05, 3.63) is 54.1 Å². The number of nitrogens with one attached hydrogen (secondary N) is 1. The fourth-order valence-corrected chi connectivity index (χ4v) is 5.47. The van der Waals surface area contributed by atoms with E-state index in [1.807, 2.05) is 51.1 Å². The zero-order valence-electron chi connectivity index (χ0n) is 23.4. The molecule has 2 aromatic rings. The first-order valence-corrected chi connectivity index (χ1v) is 15.4. The molecule has 1 N–H and O–H groups in total. The number of hydrogen-bond acceptors (Lipinski definition) is 6. The lowest BCUT2D eigenvalue weighted by atomic mass is 10.1. The van der Waals surface area contributed by atoms with Gasteiger partial charge in [-0.2, -0.15) is 0 Å². The smallest absolute Gasteiger partial charge is 0.242 e. The van der Waals surface area contributed by atoms with Gasteiger partial charge in [-0.1, -0.05) is 51.1 Å². The number of benzene rings is 2. The Bertz CT molecular complexity index is 1200. The predicted octanol–water partition coefficient (Wildman–Crippen LogP) is 3.63. The van der Waals surface area contributed by atoms with E-state index in [1.54, 1.807) is 23.1 Å². The van der Waals surface area contributed by atoms with Gasteiger partial charge < -0.3 is 19.7 Å².